The highest BCUT2D eigenvalue weighted by Gasteiger charge is 2.20. The fourth-order valence-corrected chi connectivity index (χ4v) is 2.90. The summed E-state index contributed by atoms with van der Waals surface area (Å²) in [6.45, 7) is 6.19. The Labute approximate surface area is 130 Å². The molecule has 5 heteroatoms. The summed E-state index contributed by atoms with van der Waals surface area (Å²) in [4.78, 5) is 20.1. The zero-order valence-electron chi connectivity index (χ0n) is 13.3. The van der Waals surface area contributed by atoms with Crippen molar-refractivity contribution in [3.05, 3.63) is 30.0 Å². The number of rotatable bonds is 3. The molecule has 2 aromatic rings. The predicted molar refractivity (Wildman–Crippen MR) is 87.5 cm³/mol. The number of ether oxygens (including phenoxy) is 1. The van der Waals surface area contributed by atoms with E-state index in [1.807, 2.05) is 36.1 Å². The molecule has 3 rings (SSSR count). The first-order chi connectivity index (χ1) is 10.7. The van der Waals surface area contributed by atoms with Crippen LogP contribution >= 0.6 is 0 Å². The van der Waals surface area contributed by atoms with Crippen molar-refractivity contribution >= 4 is 16.8 Å². The van der Waals surface area contributed by atoms with Crippen molar-refractivity contribution < 1.29 is 9.53 Å². The van der Waals surface area contributed by atoms with Crippen LogP contribution in [-0.2, 0) is 0 Å². The van der Waals surface area contributed by atoms with Gasteiger partial charge in [0, 0.05) is 36.6 Å². The minimum Gasteiger partial charge on any atom is -0.494 e. The molecule has 1 saturated heterocycles. The quantitative estimate of drug-likeness (QED) is 0.946. The molecule has 0 atom stereocenters. The van der Waals surface area contributed by atoms with Crippen molar-refractivity contribution in [1.82, 2.24) is 14.8 Å². The number of carbonyl (C=O) groups excluding carboxylic acids is 1. The van der Waals surface area contributed by atoms with Crippen molar-refractivity contribution in [3.8, 4) is 5.75 Å². The van der Waals surface area contributed by atoms with Gasteiger partial charge in [-0.3, -0.25) is 4.79 Å². The lowest BCUT2D eigenvalue weighted by molar-refractivity contribution is 0.0758. The third-order valence-corrected chi connectivity index (χ3v) is 4.14. The predicted octanol–water partition coefficient (Wildman–Crippen LogP) is 2.34. The lowest BCUT2D eigenvalue weighted by Crippen LogP contribution is -2.34. The molecule has 1 fully saturated rings. The van der Waals surface area contributed by atoms with Crippen LogP contribution in [0.2, 0.25) is 0 Å². The second kappa shape index (κ2) is 6.40. The summed E-state index contributed by atoms with van der Waals surface area (Å²) in [6.07, 6.45) is 1.02. The standard InChI is InChI=1S/C17H23N3O2/c1-3-22-14-6-5-13-11-16(18-15(13)12-14)17(21)20-8-4-7-19(2)9-10-20/h5-6,11-12,18H,3-4,7-10H2,1-2H3. The van der Waals surface area contributed by atoms with Crippen molar-refractivity contribution in [2.75, 3.05) is 39.8 Å². The second-order valence-corrected chi connectivity index (χ2v) is 5.81. The monoisotopic (exact) mass is 301 g/mol. The molecule has 5 nitrogen and oxygen atoms in total. The number of amides is 1. The minimum absolute atomic E-state index is 0.0875. The summed E-state index contributed by atoms with van der Waals surface area (Å²) in [5.41, 5.74) is 1.61. The van der Waals surface area contributed by atoms with E-state index in [1.165, 1.54) is 0 Å². The maximum atomic E-state index is 12.7. The molecule has 0 saturated carbocycles. The Bertz CT molecular complexity index is 665. The largest absolute Gasteiger partial charge is 0.494 e. The number of likely N-dealkylation sites (N-methyl/N-ethyl adjacent to an activating group) is 1. The minimum atomic E-state index is 0.0875. The van der Waals surface area contributed by atoms with E-state index in [0.717, 1.165) is 49.3 Å². The van der Waals surface area contributed by atoms with Gasteiger partial charge in [0.15, 0.2) is 0 Å². The fourth-order valence-electron chi connectivity index (χ4n) is 2.90. The molecule has 1 N–H and O–H groups in total. The highest BCUT2D eigenvalue weighted by Crippen LogP contribution is 2.22. The molecular formula is C17H23N3O2. The Balaban J connectivity index is 1.81. The average molecular weight is 301 g/mol. The van der Waals surface area contributed by atoms with Gasteiger partial charge in [-0.05, 0) is 45.1 Å². The molecule has 2 heterocycles. The topological polar surface area (TPSA) is 48.6 Å². The number of fused-ring (bicyclic) bond motifs is 1. The van der Waals surface area contributed by atoms with Crippen molar-refractivity contribution in [1.29, 1.82) is 0 Å². The Morgan fingerprint density at radius 3 is 2.91 bits per heavy atom. The third kappa shape index (κ3) is 3.09. The van der Waals surface area contributed by atoms with Crippen LogP contribution in [0.4, 0.5) is 0 Å². The van der Waals surface area contributed by atoms with E-state index < -0.39 is 0 Å². The van der Waals surface area contributed by atoms with Crippen LogP contribution in [0, 0.1) is 0 Å². The highest BCUT2D eigenvalue weighted by molar-refractivity contribution is 5.98. The van der Waals surface area contributed by atoms with E-state index in [0.29, 0.717) is 12.3 Å². The Morgan fingerprint density at radius 2 is 2.09 bits per heavy atom. The number of nitrogens with zero attached hydrogens (tertiary/aromatic N) is 2. The number of hydrogen-bond donors (Lipinski definition) is 1. The summed E-state index contributed by atoms with van der Waals surface area (Å²) < 4.78 is 5.51. The molecular weight excluding hydrogens is 278 g/mol. The van der Waals surface area contributed by atoms with Gasteiger partial charge in [-0.15, -0.1) is 0 Å². The number of aromatic nitrogens is 1. The lowest BCUT2D eigenvalue weighted by atomic mass is 10.2. The van der Waals surface area contributed by atoms with E-state index in [9.17, 15) is 4.79 Å². The van der Waals surface area contributed by atoms with Gasteiger partial charge in [0.2, 0.25) is 0 Å². The zero-order chi connectivity index (χ0) is 15.5. The SMILES string of the molecule is CCOc1ccc2cc(C(=O)N3CCCN(C)CC3)[nH]c2c1. The van der Waals surface area contributed by atoms with Gasteiger partial charge in [0.1, 0.15) is 11.4 Å². The molecule has 1 aliphatic rings. The van der Waals surface area contributed by atoms with Gasteiger partial charge in [0.05, 0.1) is 6.61 Å². The van der Waals surface area contributed by atoms with Crippen LogP contribution < -0.4 is 4.74 Å². The number of H-pyrrole nitrogens is 1. The van der Waals surface area contributed by atoms with E-state index in [2.05, 4.69) is 16.9 Å². The smallest absolute Gasteiger partial charge is 0.270 e. The van der Waals surface area contributed by atoms with E-state index in [1.54, 1.807) is 0 Å². The number of nitrogens with one attached hydrogen (secondary N) is 1. The molecule has 0 aliphatic carbocycles. The van der Waals surface area contributed by atoms with E-state index in [4.69, 9.17) is 4.74 Å². The molecule has 0 unspecified atom stereocenters. The summed E-state index contributed by atoms with van der Waals surface area (Å²) >= 11 is 0. The molecule has 1 aromatic carbocycles. The molecule has 0 bridgehead atoms. The molecule has 22 heavy (non-hydrogen) atoms. The van der Waals surface area contributed by atoms with E-state index in [-0.39, 0.29) is 5.91 Å². The first-order valence-corrected chi connectivity index (χ1v) is 7.91. The van der Waals surface area contributed by atoms with Crippen molar-refractivity contribution in [2.45, 2.75) is 13.3 Å². The maximum Gasteiger partial charge on any atom is 0.270 e. The van der Waals surface area contributed by atoms with Crippen LogP contribution in [0.1, 0.15) is 23.8 Å². The summed E-state index contributed by atoms with van der Waals surface area (Å²) in [7, 11) is 2.10. The second-order valence-electron chi connectivity index (χ2n) is 5.81. The molecule has 0 radical (unpaired) electrons. The van der Waals surface area contributed by atoms with Gasteiger partial charge < -0.3 is 19.5 Å². The zero-order valence-corrected chi connectivity index (χ0v) is 13.3. The Kier molecular flexibility index (Phi) is 4.34. The first kappa shape index (κ1) is 14.9. The maximum absolute atomic E-state index is 12.7. The normalized spacial score (nSPS) is 16.7. The van der Waals surface area contributed by atoms with Gasteiger partial charge >= 0.3 is 0 Å². The van der Waals surface area contributed by atoms with Crippen molar-refractivity contribution in [3.63, 3.8) is 0 Å². The van der Waals surface area contributed by atoms with Gasteiger partial charge in [-0.25, -0.2) is 0 Å². The summed E-state index contributed by atoms with van der Waals surface area (Å²) in [5, 5.41) is 1.04. The highest BCUT2D eigenvalue weighted by atomic mass is 16.5. The van der Waals surface area contributed by atoms with E-state index >= 15 is 0 Å². The molecule has 1 aliphatic heterocycles. The van der Waals surface area contributed by atoms with Crippen LogP contribution in [-0.4, -0.2) is 60.5 Å². The van der Waals surface area contributed by atoms with Gasteiger partial charge in [0.25, 0.3) is 5.91 Å². The van der Waals surface area contributed by atoms with Crippen LogP contribution in [0.5, 0.6) is 5.75 Å². The average Bonchev–Trinajstić information content (AvgIpc) is 2.81. The summed E-state index contributed by atoms with van der Waals surface area (Å²) in [6, 6.07) is 7.81. The summed E-state index contributed by atoms with van der Waals surface area (Å²) in [5.74, 6) is 0.914. The van der Waals surface area contributed by atoms with Crippen molar-refractivity contribution in [2.24, 2.45) is 0 Å². The Hall–Kier alpha value is -2.01. The van der Waals surface area contributed by atoms with Crippen LogP contribution in [0.25, 0.3) is 10.9 Å². The third-order valence-electron chi connectivity index (χ3n) is 4.14. The number of benzene rings is 1. The number of aromatic amines is 1. The molecule has 1 amide bonds. The number of hydrogen-bond acceptors (Lipinski definition) is 3. The molecule has 1 aromatic heterocycles. The molecule has 118 valence electrons. The van der Waals surface area contributed by atoms with Gasteiger partial charge in [-0.1, -0.05) is 0 Å². The van der Waals surface area contributed by atoms with Crippen LogP contribution in [0.3, 0.4) is 0 Å². The van der Waals surface area contributed by atoms with Crippen LogP contribution in [0.15, 0.2) is 24.3 Å². The Morgan fingerprint density at radius 1 is 1.23 bits per heavy atom. The molecule has 0 spiro atoms. The van der Waals surface area contributed by atoms with Gasteiger partial charge in [-0.2, -0.15) is 0 Å². The lowest BCUT2D eigenvalue weighted by Gasteiger charge is -2.19. The first-order valence-electron chi connectivity index (χ1n) is 7.91. The number of carbonyl (C=O) groups is 1. The fraction of sp³-hybridized carbons (Fsp3) is 0.471.